The van der Waals surface area contributed by atoms with Gasteiger partial charge in [-0.05, 0) is 57.7 Å². The van der Waals surface area contributed by atoms with E-state index >= 15 is 0 Å². The molecule has 0 unspecified atom stereocenters. The first-order chi connectivity index (χ1) is 12.8. The van der Waals surface area contributed by atoms with Gasteiger partial charge in [0.1, 0.15) is 11.9 Å². The molecule has 0 radical (unpaired) electrons. The molecular weight excluding hydrogens is 324 g/mol. The second-order valence-corrected chi connectivity index (χ2v) is 7.65. The van der Waals surface area contributed by atoms with Crippen LogP contribution in [0.4, 0.5) is 0 Å². The lowest BCUT2D eigenvalue weighted by Gasteiger charge is -2.33. The summed E-state index contributed by atoms with van der Waals surface area (Å²) < 4.78 is 6.43. The van der Waals surface area contributed by atoms with E-state index in [0.717, 1.165) is 38.2 Å². The molecule has 1 aliphatic heterocycles. The molecule has 1 amide bonds. The van der Waals surface area contributed by atoms with E-state index in [1.807, 2.05) is 29.2 Å². The summed E-state index contributed by atoms with van der Waals surface area (Å²) in [6, 6.07) is 8.20. The summed E-state index contributed by atoms with van der Waals surface area (Å²) in [5.74, 6) is 0.864. The Morgan fingerprint density at radius 3 is 2.69 bits per heavy atom. The third-order valence-electron chi connectivity index (χ3n) is 5.78. The highest BCUT2D eigenvalue weighted by molar-refractivity contribution is 5.96. The van der Waals surface area contributed by atoms with Crippen LogP contribution in [0.1, 0.15) is 75.1 Å². The molecule has 1 N–H and O–H groups in total. The highest BCUT2D eigenvalue weighted by atomic mass is 16.5. The van der Waals surface area contributed by atoms with Gasteiger partial charge >= 0.3 is 0 Å². The van der Waals surface area contributed by atoms with E-state index in [1.165, 1.54) is 44.9 Å². The quantitative estimate of drug-likeness (QED) is 0.809. The first-order valence-electron chi connectivity index (χ1n) is 10.6. The highest BCUT2D eigenvalue weighted by Gasteiger charge is 2.28. The molecule has 26 heavy (non-hydrogen) atoms. The van der Waals surface area contributed by atoms with Crippen LogP contribution in [-0.2, 0) is 0 Å². The normalized spacial score (nSPS) is 26.0. The Labute approximate surface area is 158 Å². The Bertz CT molecular complexity index is 575. The van der Waals surface area contributed by atoms with Gasteiger partial charge in [-0.2, -0.15) is 0 Å². The van der Waals surface area contributed by atoms with E-state index < -0.39 is 0 Å². The van der Waals surface area contributed by atoms with E-state index in [0.29, 0.717) is 11.6 Å². The first-order valence-corrected chi connectivity index (χ1v) is 10.6. The van der Waals surface area contributed by atoms with Crippen LogP contribution in [0.25, 0.3) is 0 Å². The van der Waals surface area contributed by atoms with E-state index in [-0.39, 0.29) is 12.0 Å². The molecule has 144 valence electrons. The average molecular weight is 359 g/mol. The SMILES string of the molecule is CCN1CCCCCCCN[C@@H]2CCCC[C@@H]2Oc2ccccc2C1=O. The molecule has 0 aromatic heterocycles. The third kappa shape index (κ3) is 5.00. The van der Waals surface area contributed by atoms with Crippen molar-refractivity contribution in [3.8, 4) is 5.75 Å². The summed E-state index contributed by atoms with van der Waals surface area (Å²) in [7, 11) is 0. The molecule has 0 bridgehead atoms. The van der Waals surface area contributed by atoms with Gasteiger partial charge < -0.3 is 15.0 Å². The summed E-state index contributed by atoms with van der Waals surface area (Å²) >= 11 is 0. The molecule has 1 saturated carbocycles. The molecule has 1 aromatic carbocycles. The maximum atomic E-state index is 13.1. The number of benzene rings is 1. The van der Waals surface area contributed by atoms with Crippen LogP contribution in [0.2, 0.25) is 0 Å². The van der Waals surface area contributed by atoms with Gasteiger partial charge in [-0.1, -0.05) is 37.8 Å². The van der Waals surface area contributed by atoms with Gasteiger partial charge in [0.15, 0.2) is 0 Å². The van der Waals surface area contributed by atoms with E-state index in [9.17, 15) is 4.79 Å². The lowest BCUT2D eigenvalue weighted by atomic mass is 9.92. The van der Waals surface area contributed by atoms with Crippen LogP contribution in [-0.4, -0.2) is 42.6 Å². The number of rotatable bonds is 1. The van der Waals surface area contributed by atoms with Crippen molar-refractivity contribution in [1.29, 1.82) is 0 Å². The second kappa shape index (κ2) is 9.96. The summed E-state index contributed by atoms with van der Waals surface area (Å²) in [5, 5.41) is 3.73. The molecule has 2 aliphatic rings. The molecule has 0 saturated heterocycles. The van der Waals surface area contributed by atoms with Crippen molar-refractivity contribution in [2.24, 2.45) is 0 Å². The van der Waals surface area contributed by atoms with Crippen molar-refractivity contribution in [1.82, 2.24) is 10.2 Å². The van der Waals surface area contributed by atoms with Crippen LogP contribution in [0, 0.1) is 0 Å². The Kier molecular flexibility index (Phi) is 7.36. The Balaban J connectivity index is 1.83. The zero-order valence-corrected chi connectivity index (χ0v) is 16.2. The van der Waals surface area contributed by atoms with Gasteiger partial charge in [-0.3, -0.25) is 4.79 Å². The maximum absolute atomic E-state index is 13.1. The topological polar surface area (TPSA) is 41.6 Å². The molecule has 1 heterocycles. The second-order valence-electron chi connectivity index (χ2n) is 7.65. The van der Waals surface area contributed by atoms with Gasteiger partial charge in [0.25, 0.3) is 5.91 Å². The predicted octanol–water partition coefficient (Wildman–Crippen LogP) is 4.39. The Morgan fingerprint density at radius 2 is 1.81 bits per heavy atom. The van der Waals surface area contributed by atoms with Crippen molar-refractivity contribution in [3.63, 3.8) is 0 Å². The summed E-state index contributed by atoms with van der Waals surface area (Å²) in [5.41, 5.74) is 0.716. The Morgan fingerprint density at radius 1 is 1.04 bits per heavy atom. The van der Waals surface area contributed by atoms with Crippen molar-refractivity contribution in [2.75, 3.05) is 19.6 Å². The number of ether oxygens (including phenoxy) is 1. The smallest absolute Gasteiger partial charge is 0.257 e. The summed E-state index contributed by atoms with van der Waals surface area (Å²) in [4.78, 5) is 15.1. The fourth-order valence-corrected chi connectivity index (χ4v) is 4.20. The van der Waals surface area contributed by atoms with Crippen LogP contribution in [0.3, 0.4) is 0 Å². The number of amides is 1. The number of nitrogens with one attached hydrogen (secondary N) is 1. The highest BCUT2D eigenvalue weighted by Crippen LogP contribution is 2.27. The fraction of sp³-hybridized carbons (Fsp3) is 0.682. The molecule has 2 atom stereocenters. The van der Waals surface area contributed by atoms with Crippen LogP contribution in [0.5, 0.6) is 5.75 Å². The number of hydrogen-bond acceptors (Lipinski definition) is 3. The molecule has 4 heteroatoms. The van der Waals surface area contributed by atoms with Gasteiger partial charge in [0, 0.05) is 19.1 Å². The molecule has 0 spiro atoms. The molecule has 1 aliphatic carbocycles. The van der Waals surface area contributed by atoms with Gasteiger partial charge in [0.05, 0.1) is 5.56 Å². The van der Waals surface area contributed by atoms with Crippen molar-refractivity contribution in [3.05, 3.63) is 29.8 Å². The minimum atomic E-state index is 0.110. The number of fused-ring (bicyclic) bond motifs is 2. The number of para-hydroxylation sites is 1. The zero-order chi connectivity index (χ0) is 18.2. The average Bonchev–Trinajstić information content (AvgIpc) is 2.68. The van der Waals surface area contributed by atoms with Crippen LogP contribution in [0.15, 0.2) is 24.3 Å². The monoisotopic (exact) mass is 358 g/mol. The van der Waals surface area contributed by atoms with E-state index in [4.69, 9.17) is 4.74 Å². The minimum Gasteiger partial charge on any atom is -0.488 e. The molecule has 1 aromatic rings. The van der Waals surface area contributed by atoms with Crippen molar-refractivity contribution >= 4 is 5.91 Å². The van der Waals surface area contributed by atoms with Crippen LogP contribution >= 0.6 is 0 Å². The van der Waals surface area contributed by atoms with E-state index in [1.54, 1.807) is 0 Å². The lowest BCUT2D eigenvalue weighted by Crippen LogP contribution is -2.45. The lowest BCUT2D eigenvalue weighted by molar-refractivity contribution is 0.0743. The molecule has 1 fully saturated rings. The largest absolute Gasteiger partial charge is 0.488 e. The fourth-order valence-electron chi connectivity index (χ4n) is 4.20. The number of hydrogen-bond donors (Lipinski definition) is 1. The first kappa shape index (κ1) is 19.2. The molecular formula is C22H34N2O2. The number of nitrogens with zero attached hydrogens (tertiary/aromatic N) is 1. The Hall–Kier alpha value is -1.55. The minimum absolute atomic E-state index is 0.110. The zero-order valence-electron chi connectivity index (χ0n) is 16.2. The van der Waals surface area contributed by atoms with Crippen molar-refractivity contribution in [2.45, 2.75) is 76.9 Å². The standard InChI is InChI=1S/C22H34N2O2/c1-2-24-17-11-5-3-4-10-16-23-19-13-7-9-15-21(19)26-20-14-8-6-12-18(20)22(24)25/h6,8,12,14,19,21,23H,2-5,7,9-11,13,15-17H2,1H3/t19-,21+/m1/s1. The van der Waals surface area contributed by atoms with Gasteiger partial charge in [-0.15, -0.1) is 0 Å². The van der Waals surface area contributed by atoms with Crippen molar-refractivity contribution < 1.29 is 9.53 Å². The third-order valence-corrected chi connectivity index (χ3v) is 5.78. The predicted molar refractivity (Wildman–Crippen MR) is 106 cm³/mol. The van der Waals surface area contributed by atoms with Gasteiger partial charge in [0.2, 0.25) is 0 Å². The van der Waals surface area contributed by atoms with E-state index in [2.05, 4.69) is 12.2 Å². The number of carbonyl (C=O) groups excluding carboxylic acids is 1. The summed E-state index contributed by atoms with van der Waals surface area (Å²) in [6.45, 7) is 4.73. The number of carbonyl (C=O) groups is 1. The molecule has 3 rings (SSSR count). The van der Waals surface area contributed by atoms with Crippen LogP contribution < -0.4 is 10.1 Å². The summed E-state index contributed by atoms with van der Waals surface area (Å²) in [6.07, 6.45) is 10.9. The van der Waals surface area contributed by atoms with Gasteiger partial charge in [-0.25, -0.2) is 0 Å². The molecule has 4 nitrogen and oxygen atoms in total. The maximum Gasteiger partial charge on any atom is 0.257 e.